The van der Waals surface area contributed by atoms with Gasteiger partial charge in [0.2, 0.25) is 0 Å². The molecule has 96 valence electrons. The number of thiophene rings is 1. The molecule has 1 aromatic heterocycles. The van der Waals surface area contributed by atoms with Gasteiger partial charge in [0.05, 0.1) is 4.88 Å². The van der Waals surface area contributed by atoms with E-state index in [1.54, 1.807) is 0 Å². The Kier molecular flexibility index (Phi) is 2.49. The number of amides is 1. The fourth-order valence-electron chi connectivity index (χ4n) is 4.27. The van der Waals surface area contributed by atoms with Crippen molar-refractivity contribution in [3.05, 3.63) is 22.4 Å². The third-order valence-electron chi connectivity index (χ3n) is 4.83. The van der Waals surface area contributed by atoms with Gasteiger partial charge in [-0.15, -0.1) is 11.3 Å². The zero-order valence-electron chi connectivity index (χ0n) is 10.3. The van der Waals surface area contributed by atoms with Crippen LogP contribution < -0.4 is 5.32 Å². The first-order valence-electron chi connectivity index (χ1n) is 6.86. The smallest absolute Gasteiger partial charge is 0.261 e. The number of nitrogens with one attached hydrogen (secondary N) is 1. The summed E-state index contributed by atoms with van der Waals surface area (Å²) in [5.41, 5.74) is 0. The highest BCUT2D eigenvalue weighted by Gasteiger charge is 2.47. The molecule has 4 bridgehead atoms. The molecule has 4 aliphatic rings. The van der Waals surface area contributed by atoms with Crippen molar-refractivity contribution in [3.63, 3.8) is 0 Å². The Bertz CT molecular complexity index is 428. The number of carbonyl (C=O) groups excluding carboxylic acids is 1. The molecule has 0 spiro atoms. The number of rotatable bonds is 2. The third kappa shape index (κ3) is 1.70. The molecule has 3 aliphatic heterocycles. The molecule has 1 N–H and O–H groups in total. The average molecular weight is 262 g/mol. The first-order chi connectivity index (χ1) is 8.79. The average Bonchev–Trinajstić information content (AvgIpc) is 2.86. The highest BCUT2D eigenvalue weighted by molar-refractivity contribution is 7.12. The van der Waals surface area contributed by atoms with Crippen molar-refractivity contribution in [3.8, 4) is 0 Å². The molecule has 18 heavy (non-hydrogen) atoms. The van der Waals surface area contributed by atoms with Gasteiger partial charge in [-0.1, -0.05) is 6.07 Å². The quantitative estimate of drug-likeness (QED) is 0.881. The fourth-order valence-corrected chi connectivity index (χ4v) is 4.90. The molecule has 0 radical (unpaired) electrons. The van der Waals surface area contributed by atoms with E-state index in [1.165, 1.54) is 43.8 Å². The van der Waals surface area contributed by atoms with Crippen LogP contribution in [0.5, 0.6) is 0 Å². The van der Waals surface area contributed by atoms with Crippen LogP contribution in [-0.4, -0.2) is 36.5 Å². The van der Waals surface area contributed by atoms with Gasteiger partial charge in [0.1, 0.15) is 0 Å². The fraction of sp³-hybridized carbons (Fsp3) is 0.643. The van der Waals surface area contributed by atoms with E-state index in [4.69, 9.17) is 0 Å². The molecule has 1 amide bonds. The summed E-state index contributed by atoms with van der Waals surface area (Å²) in [4.78, 5) is 15.6. The van der Waals surface area contributed by atoms with Crippen LogP contribution in [0.3, 0.4) is 0 Å². The monoisotopic (exact) mass is 262 g/mol. The SMILES string of the molecule is O=C(NC1C2CC3CC1CN(C3)C2)c1cccs1. The van der Waals surface area contributed by atoms with Crippen LogP contribution in [0.25, 0.3) is 0 Å². The molecular formula is C14H18N2OS. The minimum Gasteiger partial charge on any atom is -0.348 e. The molecule has 4 heteroatoms. The molecule has 3 saturated heterocycles. The second-order valence-corrected chi connectivity index (χ2v) is 7.00. The molecule has 4 heterocycles. The van der Waals surface area contributed by atoms with Gasteiger partial charge in [-0.2, -0.15) is 0 Å². The summed E-state index contributed by atoms with van der Waals surface area (Å²) in [6.07, 6.45) is 2.64. The van der Waals surface area contributed by atoms with Crippen LogP contribution >= 0.6 is 11.3 Å². The number of nitrogens with zero attached hydrogens (tertiary/aromatic N) is 1. The van der Waals surface area contributed by atoms with Crippen LogP contribution in [0.2, 0.25) is 0 Å². The van der Waals surface area contributed by atoms with Gasteiger partial charge in [-0.25, -0.2) is 0 Å². The lowest BCUT2D eigenvalue weighted by molar-refractivity contribution is -0.0418. The Labute approximate surface area is 111 Å². The predicted molar refractivity (Wildman–Crippen MR) is 71.7 cm³/mol. The maximum absolute atomic E-state index is 12.2. The normalized spacial score (nSPS) is 41.0. The maximum atomic E-state index is 12.2. The van der Waals surface area contributed by atoms with Crippen LogP contribution in [-0.2, 0) is 0 Å². The third-order valence-corrected chi connectivity index (χ3v) is 5.70. The maximum Gasteiger partial charge on any atom is 0.261 e. The second kappa shape index (κ2) is 4.07. The van der Waals surface area contributed by atoms with Crippen molar-refractivity contribution in [2.75, 3.05) is 19.6 Å². The van der Waals surface area contributed by atoms with Crippen LogP contribution in [0.1, 0.15) is 22.5 Å². The van der Waals surface area contributed by atoms with Crippen molar-refractivity contribution >= 4 is 17.2 Å². The van der Waals surface area contributed by atoms with Gasteiger partial charge in [0, 0.05) is 25.7 Å². The summed E-state index contributed by atoms with van der Waals surface area (Å²) < 4.78 is 0. The Balaban J connectivity index is 1.50. The summed E-state index contributed by atoms with van der Waals surface area (Å²) in [6.45, 7) is 3.70. The molecule has 1 aliphatic carbocycles. The van der Waals surface area contributed by atoms with Gasteiger partial charge in [-0.05, 0) is 42.0 Å². The second-order valence-electron chi connectivity index (χ2n) is 6.05. The Morgan fingerprint density at radius 3 is 2.67 bits per heavy atom. The molecule has 5 rings (SSSR count). The van der Waals surface area contributed by atoms with Crippen molar-refractivity contribution in [1.29, 1.82) is 0 Å². The highest BCUT2D eigenvalue weighted by Crippen LogP contribution is 2.43. The molecule has 2 unspecified atom stereocenters. The Morgan fingerprint density at radius 1 is 1.28 bits per heavy atom. The molecule has 2 atom stereocenters. The first-order valence-corrected chi connectivity index (χ1v) is 7.74. The number of piperidine rings is 3. The van der Waals surface area contributed by atoms with E-state index in [2.05, 4.69) is 10.2 Å². The highest BCUT2D eigenvalue weighted by atomic mass is 32.1. The molecular weight excluding hydrogens is 244 g/mol. The lowest BCUT2D eigenvalue weighted by atomic mass is 9.65. The van der Waals surface area contributed by atoms with Crippen molar-refractivity contribution in [2.24, 2.45) is 17.8 Å². The predicted octanol–water partition coefficient (Wildman–Crippen LogP) is 1.82. The number of hydrogen-bond donors (Lipinski definition) is 1. The summed E-state index contributed by atoms with van der Waals surface area (Å²) >= 11 is 1.53. The van der Waals surface area contributed by atoms with Crippen LogP contribution in [0, 0.1) is 17.8 Å². The van der Waals surface area contributed by atoms with E-state index < -0.39 is 0 Å². The Morgan fingerprint density at radius 2 is 2.06 bits per heavy atom. The van der Waals surface area contributed by atoms with Gasteiger partial charge in [0.15, 0.2) is 0 Å². The zero-order valence-corrected chi connectivity index (χ0v) is 11.2. The zero-order chi connectivity index (χ0) is 12.1. The van der Waals surface area contributed by atoms with Crippen molar-refractivity contribution in [1.82, 2.24) is 10.2 Å². The lowest BCUT2D eigenvalue weighted by Crippen LogP contribution is -2.64. The van der Waals surface area contributed by atoms with E-state index in [-0.39, 0.29) is 5.91 Å². The summed E-state index contributed by atoms with van der Waals surface area (Å²) in [6, 6.07) is 4.29. The first kappa shape index (κ1) is 11.0. The van der Waals surface area contributed by atoms with E-state index in [0.29, 0.717) is 17.9 Å². The van der Waals surface area contributed by atoms with Crippen LogP contribution in [0.4, 0.5) is 0 Å². The van der Waals surface area contributed by atoms with Gasteiger partial charge < -0.3 is 10.2 Å². The summed E-state index contributed by atoms with van der Waals surface area (Å²) in [5, 5.41) is 5.28. The molecule has 4 fully saturated rings. The van der Waals surface area contributed by atoms with Gasteiger partial charge >= 0.3 is 0 Å². The molecule has 0 aromatic carbocycles. The number of carbonyl (C=O) groups is 1. The minimum absolute atomic E-state index is 0.137. The standard InChI is InChI=1S/C14H18N2OS/c17-14(12-2-1-3-18-12)15-13-10-4-9-5-11(13)8-16(6-9)7-10/h1-3,9-11,13H,4-8H2,(H,15,17). The summed E-state index contributed by atoms with van der Waals surface area (Å²) in [5.74, 6) is 2.43. The minimum atomic E-state index is 0.137. The molecule has 1 saturated carbocycles. The van der Waals surface area contributed by atoms with Crippen molar-refractivity contribution < 1.29 is 4.79 Å². The van der Waals surface area contributed by atoms with Crippen LogP contribution in [0.15, 0.2) is 17.5 Å². The van der Waals surface area contributed by atoms with Gasteiger partial charge in [0.25, 0.3) is 5.91 Å². The Hall–Kier alpha value is -0.870. The topological polar surface area (TPSA) is 32.3 Å². The summed E-state index contributed by atoms with van der Waals surface area (Å²) in [7, 11) is 0. The largest absolute Gasteiger partial charge is 0.348 e. The van der Waals surface area contributed by atoms with E-state index in [9.17, 15) is 4.79 Å². The van der Waals surface area contributed by atoms with E-state index >= 15 is 0 Å². The lowest BCUT2D eigenvalue weighted by Gasteiger charge is -2.55. The number of hydrogen-bond acceptors (Lipinski definition) is 3. The van der Waals surface area contributed by atoms with E-state index in [1.807, 2.05) is 17.5 Å². The van der Waals surface area contributed by atoms with E-state index in [0.717, 1.165) is 10.8 Å². The van der Waals surface area contributed by atoms with Crippen molar-refractivity contribution in [2.45, 2.75) is 18.9 Å². The molecule has 3 nitrogen and oxygen atoms in total. The van der Waals surface area contributed by atoms with Gasteiger partial charge in [-0.3, -0.25) is 4.79 Å². The molecule has 1 aromatic rings.